The molecule has 6 heteroatoms. The van der Waals surface area contributed by atoms with E-state index in [4.69, 9.17) is 14.2 Å². The maximum absolute atomic E-state index is 12.8. The normalized spacial score (nSPS) is 12.7. The van der Waals surface area contributed by atoms with Gasteiger partial charge in [-0.2, -0.15) is 0 Å². The van der Waals surface area contributed by atoms with E-state index in [-0.39, 0.29) is 31.1 Å². The Kier molecular flexibility index (Phi) is 54.3. The molecule has 0 N–H and O–H groups in total. The van der Waals surface area contributed by atoms with Gasteiger partial charge in [-0.3, -0.25) is 14.4 Å². The van der Waals surface area contributed by atoms with Gasteiger partial charge < -0.3 is 14.2 Å². The molecule has 0 amide bonds. The van der Waals surface area contributed by atoms with E-state index in [0.717, 1.165) is 116 Å². The third kappa shape index (κ3) is 55.4. The van der Waals surface area contributed by atoms with E-state index in [1.807, 2.05) is 0 Å². The van der Waals surface area contributed by atoms with Crippen LogP contribution in [0.15, 0.2) is 85.1 Å². The van der Waals surface area contributed by atoms with Gasteiger partial charge in [-0.1, -0.05) is 228 Å². The Morgan fingerprint density at radius 3 is 0.928 bits per heavy atom. The summed E-state index contributed by atoms with van der Waals surface area (Å²) in [6.07, 6.45) is 74.3. The van der Waals surface area contributed by atoms with Crippen LogP contribution in [0.4, 0.5) is 0 Å². The van der Waals surface area contributed by atoms with Crippen molar-refractivity contribution in [2.45, 2.75) is 284 Å². The molecule has 0 bridgehead atoms. The molecule has 396 valence electrons. The van der Waals surface area contributed by atoms with Crippen LogP contribution in [0.25, 0.3) is 0 Å². The van der Waals surface area contributed by atoms with Crippen LogP contribution in [0.2, 0.25) is 0 Å². The summed E-state index contributed by atoms with van der Waals surface area (Å²) >= 11 is 0. The zero-order valence-corrected chi connectivity index (χ0v) is 45.3. The van der Waals surface area contributed by atoms with E-state index < -0.39 is 6.10 Å². The highest BCUT2D eigenvalue weighted by molar-refractivity contribution is 5.71. The van der Waals surface area contributed by atoms with Crippen molar-refractivity contribution in [2.24, 2.45) is 0 Å². The van der Waals surface area contributed by atoms with E-state index >= 15 is 0 Å². The van der Waals surface area contributed by atoms with Crippen molar-refractivity contribution in [3.63, 3.8) is 0 Å². The Balaban J connectivity index is 4.37. The minimum absolute atomic E-state index is 0.0873. The molecule has 1 unspecified atom stereocenters. The molecule has 0 saturated heterocycles. The summed E-state index contributed by atoms with van der Waals surface area (Å²) in [5, 5.41) is 0. The van der Waals surface area contributed by atoms with Gasteiger partial charge in [0.05, 0.1) is 0 Å². The lowest BCUT2D eigenvalue weighted by Gasteiger charge is -2.18. The van der Waals surface area contributed by atoms with Gasteiger partial charge in [0.1, 0.15) is 13.2 Å². The first-order valence-corrected chi connectivity index (χ1v) is 29.1. The van der Waals surface area contributed by atoms with Crippen LogP contribution in [0.5, 0.6) is 0 Å². The molecule has 1 atom stereocenters. The summed E-state index contributed by atoms with van der Waals surface area (Å²) in [5.41, 5.74) is 0. The number of carbonyl (C=O) groups is 3. The number of allylic oxidation sites excluding steroid dienone is 14. The third-order valence-electron chi connectivity index (χ3n) is 12.4. The summed E-state index contributed by atoms with van der Waals surface area (Å²) in [6, 6.07) is 0. The molecule has 0 aliphatic carbocycles. The van der Waals surface area contributed by atoms with Crippen LogP contribution in [0, 0.1) is 0 Å². The Hall–Kier alpha value is -3.41. The molecule has 6 nitrogen and oxygen atoms in total. The molecule has 0 spiro atoms. The Labute approximate surface area is 426 Å². The van der Waals surface area contributed by atoms with E-state index in [1.54, 1.807) is 0 Å². The van der Waals surface area contributed by atoms with Crippen molar-refractivity contribution < 1.29 is 28.6 Å². The third-order valence-corrected chi connectivity index (χ3v) is 12.4. The van der Waals surface area contributed by atoms with E-state index in [9.17, 15) is 14.4 Å². The molecule has 0 fully saturated rings. The zero-order valence-electron chi connectivity index (χ0n) is 45.3. The van der Waals surface area contributed by atoms with Gasteiger partial charge >= 0.3 is 17.9 Å². The first-order chi connectivity index (χ1) is 34.0. The zero-order chi connectivity index (χ0) is 50.0. The predicted octanol–water partition coefficient (Wildman–Crippen LogP) is 19.5. The summed E-state index contributed by atoms with van der Waals surface area (Å²) in [6.45, 7) is 6.49. The smallest absolute Gasteiger partial charge is 0.306 e. The van der Waals surface area contributed by atoms with Crippen LogP contribution in [0.3, 0.4) is 0 Å². The molecule has 0 aliphatic rings. The first-order valence-electron chi connectivity index (χ1n) is 29.1. The average Bonchev–Trinajstić information content (AvgIpc) is 3.35. The standard InChI is InChI=1S/C63H108O6/c1-4-7-10-13-16-19-22-25-27-29-30-31-32-33-34-35-37-38-41-44-47-50-53-56-62(65)68-59-60(58-67-61(64)55-52-49-46-43-40-24-21-18-15-12-9-6-3)69-63(66)57-54-51-48-45-42-39-36-28-26-23-20-17-14-11-8-5-2/h7,10,16,18-19,21,25,27-28,30-31,33-34,36,60H,4-6,8-9,11-15,17,20,22-24,26,29,32,35,37-59H2,1-3H3/b10-7-,19-16-,21-18-,27-25-,31-30-,34-33-,36-28-. The fraction of sp³-hybridized carbons (Fsp3) is 0.730. The highest BCUT2D eigenvalue weighted by Gasteiger charge is 2.19. The Bertz CT molecular complexity index is 1330. The average molecular weight is 962 g/mol. The van der Waals surface area contributed by atoms with Crippen LogP contribution < -0.4 is 0 Å². The highest BCUT2D eigenvalue weighted by Crippen LogP contribution is 2.15. The molecule has 0 saturated carbocycles. The second-order valence-electron chi connectivity index (χ2n) is 19.2. The van der Waals surface area contributed by atoms with Gasteiger partial charge in [0.15, 0.2) is 6.10 Å². The van der Waals surface area contributed by atoms with Gasteiger partial charge in [0.2, 0.25) is 0 Å². The monoisotopic (exact) mass is 961 g/mol. The van der Waals surface area contributed by atoms with E-state index in [1.165, 1.54) is 122 Å². The molecule has 0 aliphatic heterocycles. The van der Waals surface area contributed by atoms with Crippen LogP contribution in [-0.4, -0.2) is 37.2 Å². The van der Waals surface area contributed by atoms with Gasteiger partial charge in [0, 0.05) is 19.3 Å². The molecule has 0 rings (SSSR count). The van der Waals surface area contributed by atoms with Gasteiger partial charge in [-0.05, 0) is 116 Å². The van der Waals surface area contributed by atoms with Crippen LogP contribution >= 0.6 is 0 Å². The summed E-state index contributed by atoms with van der Waals surface area (Å²) in [7, 11) is 0. The van der Waals surface area contributed by atoms with Crippen molar-refractivity contribution in [1.82, 2.24) is 0 Å². The van der Waals surface area contributed by atoms with Crippen LogP contribution in [-0.2, 0) is 28.6 Å². The maximum Gasteiger partial charge on any atom is 0.306 e. The van der Waals surface area contributed by atoms with Crippen molar-refractivity contribution in [3.8, 4) is 0 Å². The number of rotatable bonds is 52. The number of unbranched alkanes of at least 4 members (excludes halogenated alkanes) is 27. The van der Waals surface area contributed by atoms with Crippen molar-refractivity contribution >= 4 is 17.9 Å². The number of esters is 3. The topological polar surface area (TPSA) is 78.9 Å². The molecule has 69 heavy (non-hydrogen) atoms. The Morgan fingerprint density at radius 2 is 0.565 bits per heavy atom. The fourth-order valence-electron chi connectivity index (χ4n) is 7.99. The Morgan fingerprint density at radius 1 is 0.304 bits per heavy atom. The lowest BCUT2D eigenvalue weighted by Crippen LogP contribution is -2.30. The molecule has 0 heterocycles. The second kappa shape index (κ2) is 57.2. The quantitative estimate of drug-likeness (QED) is 0.0262. The van der Waals surface area contributed by atoms with Crippen molar-refractivity contribution in [3.05, 3.63) is 85.1 Å². The molecular weight excluding hydrogens is 853 g/mol. The van der Waals surface area contributed by atoms with Gasteiger partial charge in [0.25, 0.3) is 0 Å². The van der Waals surface area contributed by atoms with Crippen LogP contribution in [0.1, 0.15) is 278 Å². The maximum atomic E-state index is 12.8. The lowest BCUT2D eigenvalue weighted by molar-refractivity contribution is -0.167. The van der Waals surface area contributed by atoms with Crippen molar-refractivity contribution in [2.75, 3.05) is 13.2 Å². The van der Waals surface area contributed by atoms with Gasteiger partial charge in [-0.15, -0.1) is 0 Å². The van der Waals surface area contributed by atoms with E-state index in [0.29, 0.717) is 19.3 Å². The minimum atomic E-state index is -0.789. The van der Waals surface area contributed by atoms with Crippen molar-refractivity contribution in [1.29, 1.82) is 0 Å². The molecule has 0 radical (unpaired) electrons. The van der Waals surface area contributed by atoms with Gasteiger partial charge in [-0.25, -0.2) is 0 Å². The summed E-state index contributed by atoms with van der Waals surface area (Å²) in [5.74, 6) is -0.910. The highest BCUT2D eigenvalue weighted by atomic mass is 16.6. The number of ether oxygens (including phenoxy) is 3. The molecule has 0 aromatic carbocycles. The summed E-state index contributed by atoms with van der Waals surface area (Å²) in [4.78, 5) is 38.1. The molecule has 0 aromatic rings. The lowest BCUT2D eigenvalue weighted by atomic mass is 10.1. The predicted molar refractivity (Wildman–Crippen MR) is 297 cm³/mol. The molecule has 0 aromatic heterocycles. The number of hydrogen-bond donors (Lipinski definition) is 0. The van der Waals surface area contributed by atoms with E-state index in [2.05, 4.69) is 106 Å². The largest absolute Gasteiger partial charge is 0.462 e. The SMILES string of the molecule is CC/C=C\C/C=C\C/C=C\C/C=C\C/C=C\CCCCCCCCCC(=O)OCC(COC(=O)CCCCCCC/C=C\CCCCC)OC(=O)CCCCCCC/C=C\CCCCCCCCC. The number of hydrogen-bond acceptors (Lipinski definition) is 6. The summed E-state index contributed by atoms with van der Waals surface area (Å²) < 4.78 is 16.8. The molecular formula is C63H108O6. The minimum Gasteiger partial charge on any atom is -0.462 e. The number of carbonyl (C=O) groups excluding carboxylic acids is 3. The first kappa shape index (κ1) is 65.6. The fourth-order valence-corrected chi connectivity index (χ4v) is 7.99. The second-order valence-corrected chi connectivity index (χ2v) is 19.2.